The van der Waals surface area contributed by atoms with Gasteiger partial charge in [0.1, 0.15) is 0 Å². The summed E-state index contributed by atoms with van der Waals surface area (Å²) in [5.74, 6) is -0.368. The Morgan fingerprint density at radius 3 is 2.29 bits per heavy atom. The number of carbonyl (C=O) groups is 2. The summed E-state index contributed by atoms with van der Waals surface area (Å²) in [6, 6.07) is 0. The van der Waals surface area contributed by atoms with E-state index in [1.54, 1.807) is 7.11 Å². The van der Waals surface area contributed by atoms with Gasteiger partial charge in [-0.25, -0.2) is 0 Å². The Hall–Kier alpha value is -1.10. The van der Waals surface area contributed by atoms with Gasteiger partial charge < -0.3 is 15.2 Å². The van der Waals surface area contributed by atoms with Crippen LogP contribution in [0.25, 0.3) is 0 Å². The fourth-order valence-electron chi connectivity index (χ4n) is 2.85. The lowest BCUT2D eigenvalue weighted by atomic mass is 9.87. The molecule has 2 N–H and O–H groups in total. The molecule has 0 aromatic rings. The standard InChI is InChI=1S/C16H29NO4/c1-21-14-10-8-13(9-11-14)16(20)17-12-6-4-2-3-5-7-15(18)19/h13-14H,2-12H2,1H3,(H,17,20)(H,18,19). The summed E-state index contributed by atoms with van der Waals surface area (Å²) in [5, 5.41) is 11.5. The van der Waals surface area contributed by atoms with E-state index in [0.29, 0.717) is 6.10 Å². The van der Waals surface area contributed by atoms with Gasteiger partial charge in [0.2, 0.25) is 5.91 Å². The lowest BCUT2D eigenvalue weighted by molar-refractivity contribution is -0.137. The van der Waals surface area contributed by atoms with Gasteiger partial charge in [0.15, 0.2) is 0 Å². The van der Waals surface area contributed by atoms with Crippen LogP contribution in [0, 0.1) is 5.92 Å². The third-order valence-electron chi connectivity index (χ3n) is 4.24. The normalized spacial score (nSPS) is 22.0. The molecule has 0 aliphatic heterocycles. The summed E-state index contributed by atoms with van der Waals surface area (Å²) < 4.78 is 5.31. The maximum atomic E-state index is 12.0. The van der Waals surface area contributed by atoms with Gasteiger partial charge in [0.05, 0.1) is 6.10 Å². The number of nitrogens with one attached hydrogen (secondary N) is 1. The van der Waals surface area contributed by atoms with Crippen LogP contribution < -0.4 is 5.32 Å². The number of methoxy groups -OCH3 is 1. The first-order valence-corrected chi connectivity index (χ1v) is 8.15. The van der Waals surface area contributed by atoms with Crippen molar-refractivity contribution in [1.82, 2.24) is 5.32 Å². The third-order valence-corrected chi connectivity index (χ3v) is 4.24. The monoisotopic (exact) mass is 299 g/mol. The SMILES string of the molecule is COC1CCC(C(=O)NCCCCCCCC(=O)O)CC1. The molecule has 1 saturated carbocycles. The number of hydrogen-bond donors (Lipinski definition) is 2. The molecule has 1 aliphatic rings. The molecule has 0 unspecified atom stereocenters. The number of carbonyl (C=O) groups excluding carboxylic acids is 1. The largest absolute Gasteiger partial charge is 0.481 e. The van der Waals surface area contributed by atoms with E-state index in [2.05, 4.69) is 5.32 Å². The van der Waals surface area contributed by atoms with Crippen LogP contribution in [-0.2, 0) is 14.3 Å². The lowest BCUT2D eigenvalue weighted by Gasteiger charge is -2.26. The van der Waals surface area contributed by atoms with Crippen molar-refractivity contribution < 1.29 is 19.4 Å². The fraction of sp³-hybridized carbons (Fsp3) is 0.875. The Labute approximate surface area is 127 Å². The van der Waals surface area contributed by atoms with Crippen LogP contribution in [0.4, 0.5) is 0 Å². The highest BCUT2D eigenvalue weighted by Gasteiger charge is 2.25. The highest BCUT2D eigenvalue weighted by atomic mass is 16.5. The second-order valence-electron chi connectivity index (χ2n) is 5.91. The van der Waals surface area contributed by atoms with E-state index >= 15 is 0 Å². The number of ether oxygens (including phenoxy) is 1. The highest BCUT2D eigenvalue weighted by molar-refractivity contribution is 5.78. The van der Waals surface area contributed by atoms with Crippen LogP contribution in [0.3, 0.4) is 0 Å². The van der Waals surface area contributed by atoms with Gasteiger partial charge in [-0.3, -0.25) is 9.59 Å². The van der Waals surface area contributed by atoms with Gasteiger partial charge in [-0.15, -0.1) is 0 Å². The molecule has 0 atom stereocenters. The lowest BCUT2D eigenvalue weighted by Crippen LogP contribution is -2.35. The second-order valence-corrected chi connectivity index (χ2v) is 5.91. The molecule has 1 aliphatic carbocycles. The first kappa shape index (κ1) is 18.0. The molecule has 0 radical (unpaired) electrons. The molecule has 0 aromatic heterocycles. The van der Waals surface area contributed by atoms with Crippen LogP contribution in [0.1, 0.15) is 64.2 Å². The van der Waals surface area contributed by atoms with Gasteiger partial charge in [-0.05, 0) is 38.5 Å². The molecular formula is C16H29NO4. The number of unbranched alkanes of at least 4 members (excludes halogenated alkanes) is 4. The number of rotatable bonds is 10. The Morgan fingerprint density at radius 1 is 1.05 bits per heavy atom. The summed E-state index contributed by atoms with van der Waals surface area (Å²) in [6.45, 7) is 0.738. The van der Waals surface area contributed by atoms with Crippen molar-refractivity contribution in [3.8, 4) is 0 Å². The number of carboxylic acid groups (broad SMARTS) is 1. The van der Waals surface area contributed by atoms with Crippen LogP contribution >= 0.6 is 0 Å². The summed E-state index contributed by atoms with van der Waals surface area (Å²) in [6.07, 6.45) is 9.21. The average molecular weight is 299 g/mol. The predicted octanol–water partition coefficient (Wildman–Crippen LogP) is 2.73. The van der Waals surface area contributed by atoms with E-state index in [4.69, 9.17) is 9.84 Å². The number of aliphatic carboxylic acids is 1. The Morgan fingerprint density at radius 2 is 1.67 bits per heavy atom. The number of amides is 1. The molecule has 1 rings (SSSR count). The summed E-state index contributed by atoms with van der Waals surface area (Å²) in [7, 11) is 1.74. The van der Waals surface area contributed by atoms with Crippen molar-refractivity contribution in [2.75, 3.05) is 13.7 Å². The summed E-state index contributed by atoms with van der Waals surface area (Å²) in [4.78, 5) is 22.3. The van der Waals surface area contributed by atoms with E-state index in [9.17, 15) is 9.59 Å². The Balaban J connectivity index is 1.95. The summed E-state index contributed by atoms with van der Waals surface area (Å²) >= 11 is 0. The van der Waals surface area contributed by atoms with E-state index < -0.39 is 5.97 Å². The zero-order chi connectivity index (χ0) is 15.5. The zero-order valence-electron chi connectivity index (χ0n) is 13.1. The molecule has 0 spiro atoms. The topological polar surface area (TPSA) is 75.6 Å². The van der Waals surface area contributed by atoms with Gasteiger partial charge >= 0.3 is 5.97 Å². The van der Waals surface area contributed by atoms with E-state index in [0.717, 1.165) is 64.3 Å². The average Bonchev–Trinajstić information content (AvgIpc) is 2.49. The molecule has 1 fully saturated rings. The molecule has 0 aromatic carbocycles. The van der Waals surface area contributed by atoms with Crippen LogP contribution in [0.2, 0.25) is 0 Å². The van der Waals surface area contributed by atoms with Crippen molar-refractivity contribution in [1.29, 1.82) is 0 Å². The van der Waals surface area contributed by atoms with Crippen molar-refractivity contribution >= 4 is 11.9 Å². The molecule has 122 valence electrons. The maximum absolute atomic E-state index is 12.0. The zero-order valence-corrected chi connectivity index (χ0v) is 13.1. The van der Waals surface area contributed by atoms with Gasteiger partial charge in [-0.1, -0.05) is 19.3 Å². The Bertz CT molecular complexity index is 311. The van der Waals surface area contributed by atoms with Crippen LogP contribution in [0.5, 0.6) is 0 Å². The smallest absolute Gasteiger partial charge is 0.303 e. The second kappa shape index (κ2) is 10.6. The quantitative estimate of drug-likeness (QED) is 0.608. The van der Waals surface area contributed by atoms with Crippen molar-refractivity contribution in [3.63, 3.8) is 0 Å². The van der Waals surface area contributed by atoms with Gasteiger partial charge in [-0.2, -0.15) is 0 Å². The van der Waals surface area contributed by atoms with Gasteiger partial charge in [0.25, 0.3) is 0 Å². The van der Waals surface area contributed by atoms with Crippen LogP contribution in [-0.4, -0.2) is 36.7 Å². The van der Waals surface area contributed by atoms with E-state index in [1.165, 1.54) is 0 Å². The molecule has 0 heterocycles. The highest BCUT2D eigenvalue weighted by Crippen LogP contribution is 2.25. The Kier molecular flexibility index (Phi) is 9.06. The molecular weight excluding hydrogens is 270 g/mol. The minimum absolute atomic E-state index is 0.159. The van der Waals surface area contributed by atoms with Crippen molar-refractivity contribution in [2.24, 2.45) is 5.92 Å². The molecule has 1 amide bonds. The van der Waals surface area contributed by atoms with E-state index in [-0.39, 0.29) is 18.2 Å². The first-order chi connectivity index (χ1) is 10.1. The summed E-state index contributed by atoms with van der Waals surface area (Å²) in [5.41, 5.74) is 0. The van der Waals surface area contributed by atoms with Crippen molar-refractivity contribution in [2.45, 2.75) is 70.3 Å². The molecule has 5 nitrogen and oxygen atoms in total. The molecule has 0 saturated heterocycles. The first-order valence-electron chi connectivity index (χ1n) is 8.15. The predicted molar refractivity (Wildman–Crippen MR) is 81.1 cm³/mol. The molecule has 0 bridgehead atoms. The third kappa shape index (κ3) is 8.05. The molecule has 21 heavy (non-hydrogen) atoms. The van der Waals surface area contributed by atoms with Crippen LogP contribution in [0.15, 0.2) is 0 Å². The number of carboxylic acids is 1. The minimum atomic E-state index is -0.717. The fourth-order valence-corrected chi connectivity index (χ4v) is 2.85. The minimum Gasteiger partial charge on any atom is -0.481 e. The number of hydrogen-bond acceptors (Lipinski definition) is 3. The molecule has 5 heteroatoms. The van der Waals surface area contributed by atoms with Gasteiger partial charge in [0, 0.05) is 26.0 Å². The van der Waals surface area contributed by atoms with Crippen molar-refractivity contribution in [3.05, 3.63) is 0 Å². The van der Waals surface area contributed by atoms with E-state index in [1.807, 2.05) is 0 Å². The maximum Gasteiger partial charge on any atom is 0.303 e.